The van der Waals surface area contributed by atoms with Gasteiger partial charge in [-0.25, -0.2) is 0 Å². The number of nitrogens with zero attached hydrogens (tertiary/aromatic N) is 4. The molecule has 0 radical (unpaired) electrons. The van der Waals surface area contributed by atoms with Gasteiger partial charge in [-0.3, -0.25) is 0 Å². The number of halogens is 1. The molecular weight excluding hydrogens is 334 g/mol. The predicted octanol–water partition coefficient (Wildman–Crippen LogP) is 2.26. The standard InChI is InChI=1S/C14H20BrN5O/c1-4-7-16-13(9-14-17-19-20(2)18-14)11-8-10(21-3)5-6-12(11)15/h5-6,8,13,16H,4,7,9H2,1-3H3. The van der Waals surface area contributed by atoms with E-state index < -0.39 is 0 Å². The molecule has 0 aliphatic heterocycles. The SMILES string of the molecule is CCCNC(Cc1nnn(C)n1)c1cc(OC)ccc1Br. The zero-order chi connectivity index (χ0) is 15.2. The summed E-state index contributed by atoms with van der Waals surface area (Å²) in [6, 6.07) is 6.08. The lowest BCUT2D eigenvalue weighted by Gasteiger charge is -2.19. The van der Waals surface area contributed by atoms with Gasteiger partial charge in [0.25, 0.3) is 0 Å². The van der Waals surface area contributed by atoms with Gasteiger partial charge < -0.3 is 10.1 Å². The van der Waals surface area contributed by atoms with Crippen molar-refractivity contribution in [3.05, 3.63) is 34.1 Å². The van der Waals surface area contributed by atoms with E-state index in [0.29, 0.717) is 6.42 Å². The van der Waals surface area contributed by atoms with Crippen LogP contribution in [0.1, 0.15) is 30.8 Å². The third-order valence-corrected chi connectivity index (χ3v) is 3.88. The number of aryl methyl sites for hydroxylation is 1. The number of tetrazole rings is 1. The Bertz CT molecular complexity index is 586. The van der Waals surface area contributed by atoms with E-state index in [2.05, 4.69) is 43.6 Å². The molecule has 21 heavy (non-hydrogen) atoms. The molecule has 0 saturated carbocycles. The summed E-state index contributed by atoms with van der Waals surface area (Å²) in [6.07, 6.45) is 1.74. The van der Waals surface area contributed by atoms with Crippen molar-refractivity contribution in [2.45, 2.75) is 25.8 Å². The topological polar surface area (TPSA) is 64.9 Å². The van der Waals surface area contributed by atoms with Crippen molar-refractivity contribution in [1.82, 2.24) is 25.5 Å². The van der Waals surface area contributed by atoms with Crippen molar-refractivity contribution in [2.24, 2.45) is 7.05 Å². The van der Waals surface area contributed by atoms with E-state index in [4.69, 9.17) is 4.74 Å². The van der Waals surface area contributed by atoms with Crippen LogP contribution in [0.25, 0.3) is 0 Å². The highest BCUT2D eigenvalue weighted by Crippen LogP contribution is 2.29. The minimum Gasteiger partial charge on any atom is -0.497 e. The van der Waals surface area contributed by atoms with Crippen molar-refractivity contribution in [2.75, 3.05) is 13.7 Å². The highest BCUT2D eigenvalue weighted by atomic mass is 79.9. The maximum Gasteiger partial charge on any atom is 0.176 e. The molecule has 1 heterocycles. The van der Waals surface area contributed by atoms with Gasteiger partial charge in [0.1, 0.15) is 5.75 Å². The molecule has 0 aliphatic carbocycles. The number of benzene rings is 1. The first kappa shape index (κ1) is 15.9. The number of rotatable bonds is 7. The van der Waals surface area contributed by atoms with Gasteiger partial charge in [0.2, 0.25) is 0 Å². The molecule has 0 bridgehead atoms. The number of hydrogen-bond donors (Lipinski definition) is 1. The van der Waals surface area contributed by atoms with Crippen LogP contribution in [-0.4, -0.2) is 33.9 Å². The highest BCUT2D eigenvalue weighted by molar-refractivity contribution is 9.10. The molecule has 7 heteroatoms. The van der Waals surface area contributed by atoms with Gasteiger partial charge in [0, 0.05) is 16.9 Å². The van der Waals surface area contributed by atoms with E-state index in [1.54, 1.807) is 14.2 Å². The molecule has 1 unspecified atom stereocenters. The van der Waals surface area contributed by atoms with Gasteiger partial charge in [-0.15, -0.1) is 10.2 Å². The zero-order valence-electron chi connectivity index (χ0n) is 12.5. The van der Waals surface area contributed by atoms with E-state index in [1.165, 1.54) is 4.80 Å². The van der Waals surface area contributed by atoms with Gasteiger partial charge in [-0.05, 0) is 41.9 Å². The van der Waals surface area contributed by atoms with Crippen LogP contribution >= 0.6 is 15.9 Å². The van der Waals surface area contributed by atoms with Crippen LogP contribution in [0.3, 0.4) is 0 Å². The minimum absolute atomic E-state index is 0.110. The van der Waals surface area contributed by atoms with Crippen LogP contribution < -0.4 is 10.1 Å². The third-order valence-electron chi connectivity index (χ3n) is 3.16. The van der Waals surface area contributed by atoms with Crippen molar-refractivity contribution in [3.8, 4) is 5.75 Å². The van der Waals surface area contributed by atoms with Gasteiger partial charge in [0.15, 0.2) is 5.82 Å². The Morgan fingerprint density at radius 1 is 1.43 bits per heavy atom. The molecule has 0 saturated heterocycles. The Balaban J connectivity index is 2.26. The lowest BCUT2D eigenvalue weighted by molar-refractivity contribution is 0.412. The summed E-state index contributed by atoms with van der Waals surface area (Å²) in [5.74, 6) is 1.56. The Morgan fingerprint density at radius 3 is 2.86 bits per heavy atom. The summed E-state index contributed by atoms with van der Waals surface area (Å²) in [7, 11) is 3.44. The second-order valence-corrected chi connectivity index (χ2v) is 5.65. The van der Waals surface area contributed by atoms with Crippen LogP contribution in [0, 0.1) is 0 Å². The summed E-state index contributed by atoms with van der Waals surface area (Å²) < 4.78 is 6.36. The predicted molar refractivity (Wildman–Crippen MR) is 84.2 cm³/mol. The van der Waals surface area contributed by atoms with Crippen molar-refractivity contribution in [1.29, 1.82) is 0 Å². The Morgan fingerprint density at radius 2 is 2.24 bits per heavy atom. The molecule has 114 valence electrons. The number of aromatic nitrogens is 4. The van der Waals surface area contributed by atoms with E-state index in [1.807, 2.05) is 18.2 Å². The summed E-state index contributed by atoms with van der Waals surface area (Å²) >= 11 is 3.61. The Hall–Kier alpha value is -1.47. The largest absolute Gasteiger partial charge is 0.497 e. The monoisotopic (exact) mass is 353 g/mol. The fourth-order valence-electron chi connectivity index (χ4n) is 2.11. The highest BCUT2D eigenvalue weighted by Gasteiger charge is 2.18. The Kier molecular flexibility index (Phi) is 5.69. The van der Waals surface area contributed by atoms with E-state index in [9.17, 15) is 0 Å². The molecule has 1 atom stereocenters. The zero-order valence-corrected chi connectivity index (χ0v) is 14.1. The number of methoxy groups -OCH3 is 1. The Labute approximate surface area is 133 Å². The average Bonchev–Trinajstić information content (AvgIpc) is 2.89. The lowest BCUT2D eigenvalue weighted by Crippen LogP contribution is -2.25. The van der Waals surface area contributed by atoms with Crippen LogP contribution in [-0.2, 0) is 13.5 Å². The van der Waals surface area contributed by atoms with E-state index in [0.717, 1.165) is 34.6 Å². The first-order valence-electron chi connectivity index (χ1n) is 6.93. The smallest absolute Gasteiger partial charge is 0.176 e. The molecule has 0 spiro atoms. The van der Waals surface area contributed by atoms with Gasteiger partial charge in [-0.1, -0.05) is 22.9 Å². The molecule has 1 N–H and O–H groups in total. The number of ether oxygens (including phenoxy) is 1. The fraction of sp³-hybridized carbons (Fsp3) is 0.500. The molecule has 1 aromatic heterocycles. The quantitative estimate of drug-likeness (QED) is 0.826. The molecule has 1 aromatic carbocycles. The second-order valence-electron chi connectivity index (χ2n) is 4.79. The molecule has 6 nitrogen and oxygen atoms in total. The molecular formula is C14H20BrN5O. The lowest BCUT2D eigenvalue weighted by atomic mass is 10.0. The van der Waals surface area contributed by atoms with Crippen molar-refractivity contribution in [3.63, 3.8) is 0 Å². The van der Waals surface area contributed by atoms with Crippen LogP contribution in [0.15, 0.2) is 22.7 Å². The summed E-state index contributed by atoms with van der Waals surface area (Å²) in [4.78, 5) is 1.48. The van der Waals surface area contributed by atoms with Crippen LogP contribution in [0.2, 0.25) is 0 Å². The second kappa shape index (κ2) is 7.51. The summed E-state index contributed by atoms with van der Waals surface area (Å²) in [5.41, 5.74) is 1.13. The first-order valence-corrected chi connectivity index (χ1v) is 7.73. The van der Waals surface area contributed by atoms with Gasteiger partial charge in [-0.2, -0.15) is 4.80 Å². The minimum atomic E-state index is 0.110. The van der Waals surface area contributed by atoms with Crippen molar-refractivity contribution >= 4 is 15.9 Å². The van der Waals surface area contributed by atoms with E-state index in [-0.39, 0.29) is 6.04 Å². The fourth-order valence-corrected chi connectivity index (χ4v) is 2.64. The average molecular weight is 354 g/mol. The molecule has 0 amide bonds. The first-order chi connectivity index (χ1) is 10.1. The third kappa shape index (κ3) is 4.25. The number of hydrogen-bond acceptors (Lipinski definition) is 5. The van der Waals surface area contributed by atoms with Crippen LogP contribution in [0.5, 0.6) is 5.75 Å². The molecule has 0 aliphatic rings. The maximum atomic E-state index is 5.32. The van der Waals surface area contributed by atoms with Crippen molar-refractivity contribution < 1.29 is 4.74 Å². The molecule has 2 aromatic rings. The van der Waals surface area contributed by atoms with Crippen LogP contribution in [0.4, 0.5) is 0 Å². The maximum absolute atomic E-state index is 5.32. The number of nitrogens with one attached hydrogen (secondary N) is 1. The van der Waals surface area contributed by atoms with E-state index >= 15 is 0 Å². The van der Waals surface area contributed by atoms with Gasteiger partial charge >= 0.3 is 0 Å². The molecule has 0 fully saturated rings. The normalized spacial score (nSPS) is 12.4. The summed E-state index contributed by atoms with van der Waals surface area (Å²) in [6.45, 7) is 3.07. The molecule has 2 rings (SSSR count). The summed E-state index contributed by atoms with van der Waals surface area (Å²) in [5, 5.41) is 15.8. The van der Waals surface area contributed by atoms with Gasteiger partial charge in [0.05, 0.1) is 14.2 Å².